The Morgan fingerprint density at radius 2 is 1.26 bits per heavy atom. The van der Waals surface area contributed by atoms with Gasteiger partial charge in [0.2, 0.25) is 11.8 Å². The molecule has 2 atom stereocenters. The molecular weight excluding hydrogens is 432 g/mol. The second kappa shape index (κ2) is 6.53. The lowest BCUT2D eigenvalue weighted by Crippen LogP contribution is -2.59. The van der Waals surface area contributed by atoms with Crippen molar-refractivity contribution in [2.24, 2.45) is 11.8 Å². The van der Waals surface area contributed by atoms with Crippen LogP contribution >= 0.6 is 0 Å². The van der Waals surface area contributed by atoms with Crippen molar-refractivity contribution in [2.45, 2.75) is 24.7 Å². The molecular formula is C27H22N2O5. The fourth-order valence-electron chi connectivity index (χ4n) is 6.77. The molecule has 1 fully saturated rings. The average molecular weight is 454 g/mol. The summed E-state index contributed by atoms with van der Waals surface area (Å²) >= 11 is 0. The molecule has 7 nitrogen and oxygen atoms in total. The molecule has 3 aromatic rings. The first kappa shape index (κ1) is 20.6. The molecule has 1 saturated heterocycles. The Morgan fingerprint density at radius 1 is 0.824 bits per heavy atom. The number of ether oxygens (including phenoxy) is 1. The Kier molecular flexibility index (Phi) is 3.96. The lowest BCUT2D eigenvalue weighted by atomic mass is 9.42. The van der Waals surface area contributed by atoms with Crippen molar-refractivity contribution in [1.29, 1.82) is 0 Å². The van der Waals surface area contributed by atoms with E-state index in [4.69, 9.17) is 4.74 Å². The third-order valence-corrected chi connectivity index (χ3v) is 8.26. The van der Waals surface area contributed by atoms with Crippen LogP contribution in [-0.2, 0) is 20.4 Å². The summed E-state index contributed by atoms with van der Waals surface area (Å²) in [5.74, 6) is -1.86. The second-order valence-electron chi connectivity index (χ2n) is 9.57. The Morgan fingerprint density at radius 3 is 1.65 bits per heavy atom. The standard InChI is InChI=1S/C27H22N2O5/c1-26-16-8-4-6-10-18(16)27(2,19-11-7-5-9-17(19)26)23-22(26)24(30)28(25(23)31)20-13-12-15(34-3)14-21(20)29(32)33/h4-14,22-23H,1-3H3/t22-,23-,26?,27?/m0/s1. The van der Waals surface area contributed by atoms with Gasteiger partial charge in [-0.05, 0) is 34.4 Å². The van der Waals surface area contributed by atoms with E-state index >= 15 is 0 Å². The van der Waals surface area contributed by atoms with E-state index in [2.05, 4.69) is 0 Å². The number of anilines is 1. The molecule has 1 aliphatic heterocycles. The molecule has 0 aromatic heterocycles. The van der Waals surface area contributed by atoms with Crippen molar-refractivity contribution in [3.8, 4) is 5.75 Å². The third kappa shape index (κ3) is 2.17. The summed E-state index contributed by atoms with van der Waals surface area (Å²) in [6, 6.07) is 20.2. The molecule has 4 aliphatic rings. The molecule has 170 valence electrons. The van der Waals surface area contributed by atoms with Crippen molar-refractivity contribution in [2.75, 3.05) is 12.0 Å². The van der Waals surface area contributed by atoms with E-state index in [1.54, 1.807) is 0 Å². The van der Waals surface area contributed by atoms with E-state index < -0.39 is 39.4 Å². The van der Waals surface area contributed by atoms with Crippen LogP contribution in [0.15, 0.2) is 66.7 Å². The number of rotatable bonds is 3. The van der Waals surface area contributed by atoms with E-state index in [1.165, 1.54) is 25.3 Å². The molecule has 0 radical (unpaired) electrons. The van der Waals surface area contributed by atoms with Crippen LogP contribution in [0.4, 0.5) is 11.4 Å². The zero-order valence-corrected chi connectivity index (χ0v) is 18.9. The first-order chi connectivity index (χ1) is 16.3. The topological polar surface area (TPSA) is 89.8 Å². The van der Waals surface area contributed by atoms with Gasteiger partial charge < -0.3 is 4.74 Å². The van der Waals surface area contributed by atoms with Crippen LogP contribution < -0.4 is 9.64 Å². The quantitative estimate of drug-likeness (QED) is 0.334. The summed E-state index contributed by atoms with van der Waals surface area (Å²) in [6.07, 6.45) is 0. The van der Waals surface area contributed by atoms with Gasteiger partial charge >= 0.3 is 0 Å². The number of nitro groups is 1. The Bertz CT molecular complexity index is 1310. The van der Waals surface area contributed by atoms with E-state index in [0.29, 0.717) is 0 Å². The highest BCUT2D eigenvalue weighted by Crippen LogP contribution is 2.66. The number of methoxy groups -OCH3 is 1. The minimum atomic E-state index is -0.738. The van der Waals surface area contributed by atoms with Crippen LogP contribution in [0.2, 0.25) is 0 Å². The van der Waals surface area contributed by atoms with E-state index in [1.807, 2.05) is 62.4 Å². The van der Waals surface area contributed by atoms with Gasteiger partial charge in [-0.2, -0.15) is 0 Å². The highest BCUT2D eigenvalue weighted by Gasteiger charge is 2.71. The van der Waals surface area contributed by atoms with Gasteiger partial charge in [0.05, 0.1) is 29.9 Å². The lowest BCUT2D eigenvalue weighted by molar-refractivity contribution is -0.384. The summed E-state index contributed by atoms with van der Waals surface area (Å²) in [6.45, 7) is 4.05. The van der Waals surface area contributed by atoms with Gasteiger partial charge in [-0.15, -0.1) is 0 Å². The van der Waals surface area contributed by atoms with Crippen molar-refractivity contribution in [3.05, 3.63) is 99.1 Å². The van der Waals surface area contributed by atoms with E-state index in [0.717, 1.165) is 27.2 Å². The van der Waals surface area contributed by atoms with Crippen LogP contribution in [0.25, 0.3) is 0 Å². The minimum Gasteiger partial charge on any atom is -0.496 e. The maximum Gasteiger partial charge on any atom is 0.297 e. The van der Waals surface area contributed by atoms with Gasteiger partial charge in [0.15, 0.2) is 0 Å². The first-order valence-electron chi connectivity index (χ1n) is 11.2. The molecule has 2 amide bonds. The molecule has 1 heterocycles. The van der Waals surface area contributed by atoms with Crippen LogP contribution in [0.5, 0.6) is 5.75 Å². The Hall–Kier alpha value is -4.00. The predicted molar refractivity (Wildman–Crippen MR) is 125 cm³/mol. The monoisotopic (exact) mass is 454 g/mol. The van der Waals surface area contributed by atoms with Crippen LogP contribution in [0.1, 0.15) is 36.1 Å². The number of nitro benzene ring substituents is 1. The van der Waals surface area contributed by atoms with E-state index in [9.17, 15) is 19.7 Å². The van der Waals surface area contributed by atoms with Gasteiger partial charge in [0.25, 0.3) is 5.69 Å². The zero-order valence-electron chi connectivity index (χ0n) is 18.9. The molecule has 7 heteroatoms. The summed E-state index contributed by atoms with van der Waals surface area (Å²) in [4.78, 5) is 40.5. The smallest absolute Gasteiger partial charge is 0.297 e. The van der Waals surface area contributed by atoms with Crippen molar-refractivity contribution < 1.29 is 19.2 Å². The molecule has 3 aliphatic carbocycles. The second-order valence-corrected chi connectivity index (χ2v) is 9.57. The first-order valence-corrected chi connectivity index (χ1v) is 11.2. The molecule has 0 spiro atoms. The normalized spacial score (nSPS) is 28.4. The summed E-state index contributed by atoms with van der Waals surface area (Å²) in [5, 5.41) is 11.9. The number of amides is 2. The van der Waals surface area contributed by atoms with Crippen LogP contribution in [0.3, 0.4) is 0 Å². The molecule has 0 saturated carbocycles. The summed E-state index contributed by atoms with van der Waals surface area (Å²) in [5.41, 5.74) is 2.30. The highest BCUT2D eigenvalue weighted by atomic mass is 16.6. The minimum absolute atomic E-state index is 0.0186. The molecule has 3 aromatic carbocycles. The Labute approximate surface area is 196 Å². The average Bonchev–Trinajstić information content (AvgIpc) is 3.13. The summed E-state index contributed by atoms with van der Waals surface area (Å²) < 4.78 is 5.14. The number of nitrogens with zero attached hydrogens (tertiary/aromatic N) is 2. The number of carbonyl (C=O) groups excluding carboxylic acids is 2. The lowest BCUT2D eigenvalue weighted by Gasteiger charge is -2.57. The number of imide groups is 1. The molecule has 2 bridgehead atoms. The molecule has 7 rings (SSSR count). The zero-order chi connectivity index (χ0) is 24.0. The number of hydrogen-bond donors (Lipinski definition) is 0. The predicted octanol–water partition coefficient (Wildman–Crippen LogP) is 4.35. The molecule has 34 heavy (non-hydrogen) atoms. The maximum atomic E-state index is 14.1. The van der Waals surface area contributed by atoms with Gasteiger partial charge in [-0.1, -0.05) is 62.4 Å². The van der Waals surface area contributed by atoms with E-state index in [-0.39, 0.29) is 17.1 Å². The summed E-state index contributed by atoms with van der Waals surface area (Å²) in [7, 11) is 1.41. The third-order valence-electron chi connectivity index (χ3n) is 8.26. The van der Waals surface area contributed by atoms with Gasteiger partial charge in [-0.25, -0.2) is 4.90 Å². The van der Waals surface area contributed by atoms with Gasteiger partial charge in [-0.3, -0.25) is 19.7 Å². The Balaban J connectivity index is 1.63. The SMILES string of the molecule is COc1ccc(N2C(=O)[C@@H]3[C@@H](C2=O)C2(C)c4ccccc4C3(C)c3ccccc32)c([N+](=O)[O-])c1. The highest BCUT2D eigenvalue weighted by molar-refractivity contribution is 6.25. The van der Waals surface area contributed by atoms with Crippen LogP contribution in [-0.4, -0.2) is 23.8 Å². The maximum absolute atomic E-state index is 14.1. The number of hydrogen-bond acceptors (Lipinski definition) is 5. The molecule has 0 unspecified atom stereocenters. The molecule has 0 N–H and O–H groups in total. The fourth-order valence-corrected chi connectivity index (χ4v) is 6.77. The van der Waals surface area contributed by atoms with Crippen molar-refractivity contribution in [1.82, 2.24) is 0 Å². The van der Waals surface area contributed by atoms with Gasteiger partial charge in [0, 0.05) is 10.8 Å². The van der Waals surface area contributed by atoms with Crippen LogP contribution in [0, 0.1) is 22.0 Å². The van der Waals surface area contributed by atoms with Crippen molar-refractivity contribution in [3.63, 3.8) is 0 Å². The number of benzene rings is 3. The number of carbonyl (C=O) groups is 2. The van der Waals surface area contributed by atoms with Gasteiger partial charge in [0.1, 0.15) is 11.4 Å². The fraction of sp³-hybridized carbons (Fsp3) is 0.259. The van der Waals surface area contributed by atoms with Crippen molar-refractivity contribution >= 4 is 23.2 Å². The largest absolute Gasteiger partial charge is 0.496 e.